The van der Waals surface area contributed by atoms with E-state index >= 15 is 0 Å². The molecule has 0 unspecified atom stereocenters. The predicted molar refractivity (Wildman–Crippen MR) is 82.9 cm³/mol. The van der Waals surface area contributed by atoms with Gasteiger partial charge in [-0.3, -0.25) is 0 Å². The predicted octanol–water partition coefficient (Wildman–Crippen LogP) is 4.07. The van der Waals surface area contributed by atoms with Crippen LogP contribution in [0.5, 0.6) is 17.2 Å². The van der Waals surface area contributed by atoms with E-state index in [1.807, 2.05) is 42.5 Å². The molecule has 0 N–H and O–H groups in total. The average Bonchev–Trinajstić information content (AvgIpc) is 2.54. The molecule has 108 valence electrons. The molecule has 0 spiro atoms. The first kappa shape index (κ1) is 13.6. The van der Waals surface area contributed by atoms with Gasteiger partial charge in [0.2, 0.25) is 0 Å². The molecule has 3 heteroatoms. The third-order valence-corrected chi connectivity index (χ3v) is 3.56. The molecule has 1 aliphatic rings. The van der Waals surface area contributed by atoms with Gasteiger partial charge in [0.15, 0.2) is 0 Å². The molecule has 2 aromatic rings. The van der Waals surface area contributed by atoms with Crippen molar-refractivity contribution in [2.75, 3.05) is 13.7 Å². The highest BCUT2D eigenvalue weighted by molar-refractivity contribution is 5.71. The highest BCUT2D eigenvalue weighted by atomic mass is 16.5. The minimum atomic E-state index is 0.524. The van der Waals surface area contributed by atoms with Crippen LogP contribution in [0.2, 0.25) is 0 Å². The zero-order valence-corrected chi connectivity index (χ0v) is 12.1. The van der Waals surface area contributed by atoms with Crippen LogP contribution in [0.15, 0.2) is 49.0 Å². The number of hydrogen-bond acceptors (Lipinski definition) is 3. The van der Waals surface area contributed by atoms with E-state index in [4.69, 9.17) is 14.2 Å². The molecular weight excluding hydrogens is 264 g/mol. The van der Waals surface area contributed by atoms with E-state index < -0.39 is 0 Å². The van der Waals surface area contributed by atoms with Gasteiger partial charge in [0.1, 0.15) is 23.9 Å². The first-order valence-electron chi connectivity index (χ1n) is 6.97. The number of hydrogen-bond donors (Lipinski definition) is 0. The van der Waals surface area contributed by atoms with Gasteiger partial charge in [-0.15, -0.1) is 0 Å². The van der Waals surface area contributed by atoms with Gasteiger partial charge < -0.3 is 14.2 Å². The summed E-state index contributed by atoms with van der Waals surface area (Å²) in [5.41, 5.74) is 3.25. The van der Waals surface area contributed by atoms with Gasteiger partial charge in [-0.25, -0.2) is 0 Å². The zero-order valence-electron chi connectivity index (χ0n) is 12.1. The van der Waals surface area contributed by atoms with Crippen molar-refractivity contribution in [1.29, 1.82) is 0 Å². The standard InChI is InChI=1S/C18H18O3/c1-13-9-10-20-18-8-7-16(11-17(13)18)21-12-14-3-5-15(19-2)6-4-14/h3-8,11H,1,9-10,12H2,2H3. The number of rotatable bonds is 4. The summed E-state index contributed by atoms with van der Waals surface area (Å²) in [4.78, 5) is 0. The van der Waals surface area contributed by atoms with E-state index in [0.717, 1.165) is 40.4 Å². The van der Waals surface area contributed by atoms with Crippen LogP contribution in [0.3, 0.4) is 0 Å². The second kappa shape index (κ2) is 5.92. The zero-order chi connectivity index (χ0) is 14.7. The highest BCUT2D eigenvalue weighted by Crippen LogP contribution is 2.34. The Bertz CT molecular complexity index is 644. The lowest BCUT2D eigenvalue weighted by atomic mass is 10.0. The topological polar surface area (TPSA) is 27.7 Å². The molecule has 0 radical (unpaired) electrons. The van der Waals surface area contributed by atoms with Gasteiger partial charge in [0.25, 0.3) is 0 Å². The van der Waals surface area contributed by atoms with E-state index in [2.05, 4.69) is 6.58 Å². The van der Waals surface area contributed by atoms with Crippen LogP contribution in [0, 0.1) is 0 Å². The van der Waals surface area contributed by atoms with Gasteiger partial charge >= 0.3 is 0 Å². The van der Waals surface area contributed by atoms with E-state index in [1.54, 1.807) is 7.11 Å². The molecule has 1 heterocycles. The molecule has 0 fully saturated rings. The Morgan fingerprint density at radius 1 is 1.10 bits per heavy atom. The van der Waals surface area contributed by atoms with E-state index in [-0.39, 0.29) is 0 Å². The number of benzene rings is 2. The van der Waals surface area contributed by atoms with Crippen molar-refractivity contribution < 1.29 is 14.2 Å². The molecule has 0 saturated heterocycles. The quantitative estimate of drug-likeness (QED) is 0.846. The lowest BCUT2D eigenvalue weighted by Crippen LogP contribution is -2.07. The third kappa shape index (κ3) is 3.02. The Morgan fingerprint density at radius 2 is 1.86 bits per heavy atom. The molecule has 0 atom stereocenters. The first-order chi connectivity index (χ1) is 10.3. The van der Waals surface area contributed by atoms with Crippen LogP contribution < -0.4 is 14.2 Å². The van der Waals surface area contributed by atoms with Gasteiger partial charge in [0.05, 0.1) is 13.7 Å². The normalized spacial score (nSPS) is 13.3. The summed E-state index contributed by atoms with van der Waals surface area (Å²) in [6.07, 6.45) is 0.870. The fourth-order valence-electron chi connectivity index (χ4n) is 2.31. The number of ether oxygens (including phenoxy) is 3. The molecule has 21 heavy (non-hydrogen) atoms. The highest BCUT2D eigenvalue weighted by Gasteiger charge is 2.14. The molecule has 3 rings (SSSR count). The van der Waals surface area contributed by atoms with Crippen molar-refractivity contribution in [2.24, 2.45) is 0 Å². The summed E-state index contributed by atoms with van der Waals surface area (Å²) in [5, 5.41) is 0. The Labute approximate surface area is 124 Å². The van der Waals surface area contributed by atoms with Gasteiger partial charge in [-0.05, 0) is 41.5 Å². The fraction of sp³-hybridized carbons (Fsp3) is 0.222. The van der Waals surface area contributed by atoms with Crippen LogP contribution in [0.4, 0.5) is 0 Å². The molecule has 0 amide bonds. The maximum Gasteiger partial charge on any atom is 0.127 e. The summed E-state index contributed by atoms with van der Waals surface area (Å²) < 4.78 is 16.6. The third-order valence-electron chi connectivity index (χ3n) is 3.56. The molecule has 0 saturated carbocycles. The average molecular weight is 282 g/mol. The molecule has 0 aliphatic carbocycles. The molecule has 2 aromatic carbocycles. The SMILES string of the molecule is C=C1CCOc2ccc(OCc3ccc(OC)cc3)cc21. The minimum Gasteiger partial charge on any atom is -0.497 e. The maximum absolute atomic E-state index is 5.84. The molecular formula is C18H18O3. The van der Waals surface area contributed by atoms with Gasteiger partial charge in [-0.1, -0.05) is 18.7 Å². The van der Waals surface area contributed by atoms with Crippen LogP contribution in [0.25, 0.3) is 5.57 Å². The van der Waals surface area contributed by atoms with E-state index in [0.29, 0.717) is 13.2 Å². The first-order valence-corrected chi connectivity index (χ1v) is 6.97. The number of fused-ring (bicyclic) bond motifs is 1. The van der Waals surface area contributed by atoms with Crippen molar-refractivity contribution in [1.82, 2.24) is 0 Å². The summed E-state index contributed by atoms with van der Waals surface area (Å²) >= 11 is 0. The van der Waals surface area contributed by atoms with Gasteiger partial charge in [0, 0.05) is 12.0 Å². The van der Waals surface area contributed by atoms with Crippen molar-refractivity contribution in [3.8, 4) is 17.2 Å². The second-order valence-corrected chi connectivity index (χ2v) is 5.00. The number of methoxy groups -OCH3 is 1. The van der Waals surface area contributed by atoms with Crippen LogP contribution in [-0.2, 0) is 6.61 Å². The molecule has 1 aliphatic heterocycles. The van der Waals surface area contributed by atoms with Crippen molar-refractivity contribution >= 4 is 5.57 Å². The van der Waals surface area contributed by atoms with E-state index in [9.17, 15) is 0 Å². The summed E-state index contributed by atoms with van der Waals surface area (Å²) in [7, 11) is 1.66. The van der Waals surface area contributed by atoms with Crippen molar-refractivity contribution in [2.45, 2.75) is 13.0 Å². The summed E-state index contributed by atoms with van der Waals surface area (Å²) in [6, 6.07) is 13.7. The fourth-order valence-corrected chi connectivity index (χ4v) is 2.31. The Kier molecular flexibility index (Phi) is 3.82. The maximum atomic E-state index is 5.84. The van der Waals surface area contributed by atoms with Gasteiger partial charge in [-0.2, -0.15) is 0 Å². The van der Waals surface area contributed by atoms with Crippen molar-refractivity contribution in [3.63, 3.8) is 0 Å². The largest absolute Gasteiger partial charge is 0.497 e. The minimum absolute atomic E-state index is 0.524. The summed E-state index contributed by atoms with van der Waals surface area (Å²) in [5.74, 6) is 2.57. The monoisotopic (exact) mass is 282 g/mol. The lowest BCUT2D eigenvalue weighted by Gasteiger charge is -2.20. The van der Waals surface area contributed by atoms with Crippen LogP contribution in [0.1, 0.15) is 17.5 Å². The Balaban J connectivity index is 1.70. The summed E-state index contributed by atoms with van der Waals surface area (Å²) in [6.45, 7) is 5.31. The van der Waals surface area contributed by atoms with Crippen LogP contribution in [-0.4, -0.2) is 13.7 Å². The smallest absolute Gasteiger partial charge is 0.127 e. The second-order valence-electron chi connectivity index (χ2n) is 5.00. The molecule has 0 bridgehead atoms. The lowest BCUT2D eigenvalue weighted by molar-refractivity contribution is 0.299. The van der Waals surface area contributed by atoms with Crippen LogP contribution >= 0.6 is 0 Å². The van der Waals surface area contributed by atoms with Crippen molar-refractivity contribution in [3.05, 3.63) is 60.2 Å². The molecule has 3 nitrogen and oxygen atoms in total. The van der Waals surface area contributed by atoms with E-state index in [1.165, 1.54) is 0 Å². The molecule has 0 aromatic heterocycles. The Hall–Kier alpha value is -2.42. The Morgan fingerprint density at radius 3 is 2.62 bits per heavy atom.